The molecule has 2 N–H and O–H groups in total. The number of carbonyl (C=O) groups is 1. The number of carbonyl (C=O) groups excluding carboxylic acids is 1. The quantitative estimate of drug-likeness (QED) is 0.609. The summed E-state index contributed by atoms with van der Waals surface area (Å²) in [6.45, 7) is 0.379. The molecule has 0 atom stereocenters. The molecule has 18 heavy (non-hydrogen) atoms. The van der Waals surface area contributed by atoms with Crippen molar-refractivity contribution < 1.29 is 14.8 Å². The lowest BCUT2D eigenvalue weighted by atomic mass is 10.1. The summed E-state index contributed by atoms with van der Waals surface area (Å²) in [5.74, 6) is 0.185. The van der Waals surface area contributed by atoms with Gasteiger partial charge in [-0.25, -0.2) is 0 Å². The van der Waals surface area contributed by atoms with Gasteiger partial charge in [0.25, 0.3) is 5.69 Å². The summed E-state index contributed by atoms with van der Waals surface area (Å²) in [7, 11) is 0. The Kier molecular flexibility index (Phi) is 3.45. The number of hydrogen-bond acceptors (Lipinski definition) is 4. The molecule has 0 aliphatic heterocycles. The van der Waals surface area contributed by atoms with Gasteiger partial charge in [-0.2, -0.15) is 0 Å². The normalized spacial score (nSPS) is 14.2. The lowest BCUT2D eigenvalue weighted by molar-refractivity contribution is -0.384. The Balaban J connectivity index is 1.93. The summed E-state index contributed by atoms with van der Waals surface area (Å²) in [5.41, 5.74) is 0.414. The third kappa shape index (κ3) is 2.97. The van der Waals surface area contributed by atoms with Crippen LogP contribution in [0.2, 0.25) is 0 Å². The molecule has 0 heterocycles. The molecule has 0 radical (unpaired) electrons. The predicted molar refractivity (Wildman–Crippen MR) is 64.2 cm³/mol. The van der Waals surface area contributed by atoms with Crippen LogP contribution in [0, 0.1) is 16.0 Å². The minimum atomic E-state index is -0.508. The van der Waals surface area contributed by atoms with E-state index in [2.05, 4.69) is 5.32 Å². The second-order valence-corrected chi connectivity index (χ2v) is 4.39. The number of nitro benzene ring substituents is 1. The maximum atomic E-state index is 11.4. The molecule has 0 saturated heterocycles. The van der Waals surface area contributed by atoms with E-state index in [1.807, 2.05) is 0 Å². The van der Waals surface area contributed by atoms with Crippen LogP contribution in [0.5, 0.6) is 5.75 Å². The molecule has 1 aromatic carbocycles. The number of phenolic OH excluding ortho intramolecular Hbond substituents is 1. The molecule has 1 aliphatic rings. The highest BCUT2D eigenvalue weighted by atomic mass is 16.6. The van der Waals surface area contributed by atoms with E-state index >= 15 is 0 Å². The Labute approximate surface area is 104 Å². The highest BCUT2D eigenvalue weighted by molar-refractivity contribution is 5.80. The first kappa shape index (κ1) is 12.3. The van der Waals surface area contributed by atoms with Crippen LogP contribution in [-0.4, -0.2) is 22.5 Å². The van der Waals surface area contributed by atoms with E-state index < -0.39 is 4.92 Å². The summed E-state index contributed by atoms with van der Waals surface area (Å²) in [4.78, 5) is 21.5. The van der Waals surface area contributed by atoms with Gasteiger partial charge in [0, 0.05) is 30.2 Å². The first-order valence-electron chi connectivity index (χ1n) is 5.82. The number of non-ortho nitro benzene ring substituents is 1. The number of aromatic hydroxyl groups is 1. The minimum absolute atomic E-state index is 0.0151. The second-order valence-electron chi connectivity index (χ2n) is 4.39. The molecule has 1 aromatic rings. The van der Waals surface area contributed by atoms with Crippen LogP contribution >= 0.6 is 0 Å². The van der Waals surface area contributed by atoms with Crippen LogP contribution in [-0.2, 0) is 11.2 Å². The van der Waals surface area contributed by atoms with Crippen molar-refractivity contribution in [3.63, 3.8) is 0 Å². The average molecular weight is 250 g/mol. The van der Waals surface area contributed by atoms with Crippen LogP contribution in [0.4, 0.5) is 5.69 Å². The first-order chi connectivity index (χ1) is 8.58. The van der Waals surface area contributed by atoms with E-state index in [-0.39, 0.29) is 23.3 Å². The van der Waals surface area contributed by atoms with Gasteiger partial charge in [-0.05, 0) is 25.3 Å². The monoisotopic (exact) mass is 250 g/mol. The van der Waals surface area contributed by atoms with Crippen LogP contribution < -0.4 is 5.32 Å². The third-order valence-corrected chi connectivity index (χ3v) is 2.92. The smallest absolute Gasteiger partial charge is 0.269 e. The van der Waals surface area contributed by atoms with E-state index in [4.69, 9.17) is 0 Å². The van der Waals surface area contributed by atoms with Crippen LogP contribution in [0.15, 0.2) is 18.2 Å². The zero-order chi connectivity index (χ0) is 13.1. The molecule has 1 fully saturated rings. The number of rotatable bonds is 5. The fourth-order valence-electron chi connectivity index (χ4n) is 1.70. The minimum Gasteiger partial charge on any atom is -0.508 e. The standard InChI is InChI=1S/C12H14N2O4/c15-11-4-3-10(14(17)18)7-9(11)5-6-13-12(16)8-1-2-8/h3-4,7-8,15H,1-2,5-6H2,(H,13,16). The zero-order valence-electron chi connectivity index (χ0n) is 9.76. The lowest BCUT2D eigenvalue weighted by Gasteiger charge is -2.06. The molecule has 0 unspecified atom stereocenters. The molecule has 1 saturated carbocycles. The largest absolute Gasteiger partial charge is 0.508 e. The predicted octanol–water partition coefficient (Wildman–Crippen LogP) is 1.37. The summed E-state index contributed by atoms with van der Waals surface area (Å²) in [6.07, 6.45) is 2.26. The van der Waals surface area contributed by atoms with Crippen LogP contribution in [0.1, 0.15) is 18.4 Å². The number of benzene rings is 1. The fourth-order valence-corrected chi connectivity index (χ4v) is 1.70. The van der Waals surface area contributed by atoms with Crippen molar-refractivity contribution in [3.05, 3.63) is 33.9 Å². The highest BCUT2D eigenvalue weighted by Crippen LogP contribution is 2.28. The molecule has 96 valence electrons. The van der Waals surface area contributed by atoms with E-state index in [9.17, 15) is 20.0 Å². The van der Waals surface area contributed by atoms with Crippen molar-refractivity contribution in [1.82, 2.24) is 5.32 Å². The van der Waals surface area contributed by atoms with Crippen molar-refractivity contribution in [2.24, 2.45) is 5.92 Å². The van der Waals surface area contributed by atoms with Gasteiger partial charge in [-0.1, -0.05) is 0 Å². The summed E-state index contributed by atoms with van der Waals surface area (Å²) in [5, 5.41) is 22.9. The van der Waals surface area contributed by atoms with Crippen LogP contribution in [0.3, 0.4) is 0 Å². The van der Waals surface area contributed by atoms with Gasteiger partial charge in [0.15, 0.2) is 0 Å². The number of hydrogen-bond donors (Lipinski definition) is 2. The van der Waals surface area contributed by atoms with Crippen molar-refractivity contribution in [2.75, 3.05) is 6.54 Å². The van der Waals surface area contributed by atoms with E-state index in [1.54, 1.807) is 0 Å². The average Bonchev–Trinajstić information content (AvgIpc) is 3.15. The molecule has 0 bridgehead atoms. The molecule has 1 aliphatic carbocycles. The fraction of sp³-hybridized carbons (Fsp3) is 0.417. The molecule has 1 amide bonds. The Morgan fingerprint density at radius 2 is 2.22 bits per heavy atom. The van der Waals surface area contributed by atoms with Crippen molar-refractivity contribution in [2.45, 2.75) is 19.3 Å². The van der Waals surface area contributed by atoms with Gasteiger partial charge >= 0.3 is 0 Å². The van der Waals surface area contributed by atoms with Crippen molar-refractivity contribution in [1.29, 1.82) is 0 Å². The third-order valence-electron chi connectivity index (χ3n) is 2.92. The van der Waals surface area contributed by atoms with Crippen molar-refractivity contribution in [3.8, 4) is 5.75 Å². The number of nitrogens with one attached hydrogen (secondary N) is 1. The number of amides is 1. The van der Waals surface area contributed by atoms with E-state index in [0.29, 0.717) is 18.5 Å². The van der Waals surface area contributed by atoms with Gasteiger partial charge in [0.05, 0.1) is 4.92 Å². The second kappa shape index (κ2) is 5.03. The molecular weight excluding hydrogens is 236 g/mol. The SMILES string of the molecule is O=C(NCCc1cc([N+](=O)[O-])ccc1O)C1CC1. The molecule has 6 heteroatoms. The maximum Gasteiger partial charge on any atom is 0.269 e. The number of nitrogens with zero attached hydrogens (tertiary/aromatic N) is 1. The Bertz CT molecular complexity index is 483. The zero-order valence-corrected chi connectivity index (χ0v) is 9.76. The molecule has 6 nitrogen and oxygen atoms in total. The Hall–Kier alpha value is -2.11. The molecule has 0 spiro atoms. The van der Waals surface area contributed by atoms with Gasteiger partial charge in [0.2, 0.25) is 5.91 Å². The Morgan fingerprint density at radius 1 is 1.50 bits per heavy atom. The molecule has 0 aromatic heterocycles. The number of nitro groups is 1. The van der Waals surface area contributed by atoms with E-state index in [0.717, 1.165) is 12.8 Å². The summed E-state index contributed by atoms with van der Waals surface area (Å²) < 4.78 is 0. The Morgan fingerprint density at radius 3 is 2.83 bits per heavy atom. The summed E-state index contributed by atoms with van der Waals surface area (Å²) in [6, 6.07) is 3.89. The molecular formula is C12H14N2O4. The highest BCUT2D eigenvalue weighted by Gasteiger charge is 2.29. The van der Waals surface area contributed by atoms with Gasteiger partial charge in [0.1, 0.15) is 5.75 Å². The van der Waals surface area contributed by atoms with Gasteiger partial charge < -0.3 is 10.4 Å². The first-order valence-corrected chi connectivity index (χ1v) is 5.82. The maximum absolute atomic E-state index is 11.4. The van der Waals surface area contributed by atoms with Crippen molar-refractivity contribution >= 4 is 11.6 Å². The number of phenols is 1. The topological polar surface area (TPSA) is 92.5 Å². The van der Waals surface area contributed by atoms with Crippen LogP contribution in [0.25, 0.3) is 0 Å². The van der Waals surface area contributed by atoms with Gasteiger partial charge in [-0.15, -0.1) is 0 Å². The summed E-state index contributed by atoms with van der Waals surface area (Å²) >= 11 is 0. The van der Waals surface area contributed by atoms with E-state index in [1.165, 1.54) is 18.2 Å². The lowest BCUT2D eigenvalue weighted by Crippen LogP contribution is -2.26. The molecule has 2 rings (SSSR count). The van der Waals surface area contributed by atoms with Gasteiger partial charge in [-0.3, -0.25) is 14.9 Å².